The Morgan fingerprint density at radius 1 is 0.941 bits per heavy atom. The third-order valence-electron chi connectivity index (χ3n) is 6.40. The maximum absolute atomic E-state index is 13.6. The summed E-state index contributed by atoms with van der Waals surface area (Å²) < 4.78 is 2.10. The molecule has 1 aliphatic rings. The number of hydrogen-bond donors (Lipinski definition) is 0. The molecule has 5 rings (SSSR count). The van der Waals surface area contributed by atoms with Gasteiger partial charge in [-0.3, -0.25) is 4.79 Å². The van der Waals surface area contributed by atoms with Crippen LogP contribution in [0.1, 0.15) is 40.5 Å². The molecular formula is C28H28N4OS. The lowest BCUT2D eigenvalue weighted by atomic mass is 9.94. The van der Waals surface area contributed by atoms with Crippen LogP contribution < -0.4 is 0 Å². The van der Waals surface area contributed by atoms with Gasteiger partial charge in [-0.1, -0.05) is 90.6 Å². The van der Waals surface area contributed by atoms with E-state index >= 15 is 0 Å². The van der Waals surface area contributed by atoms with E-state index in [4.69, 9.17) is 0 Å². The van der Waals surface area contributed by atoms with E-state index in [-0.39, 0.29) is 11.8 Å². The van der Waals surface area contributed by atoms with Gasteiger partial charge >= 0.3 is 0 Å². The molecule has 1 amide bonds. The smallest absolute Gasteiger partial charge is 0.254 e. The Bertz CT molecular complexity index is 1260. The largest absolute Gasteiger partial charge is 0.338 e. The Morgan fingerprint density at radius 3 is 2.44 bits per heavy atom. The molecule has 0 aliphatic carbocycles. The molecule has 0 radical (unpaired) electrons. The van der Waals surface area contributed by atoms with Crippen molar-refractivity contribution in [3.63, 3.8) is 0 Å². The lowest BCUT2D eigenvalue weighted by Crippen LogP contribution is -2.40. The van der Waals surface area contributed by atoms with Gasteiger partial charge in [-0.25, -0.2) is 0 Å². The van der Waals surface area contributed by atoms with Gasteiger partial charge in [0.1, 0.15) is 5.82 Å². The number of carbonyl (C=O) groups is 1. The summed E-state index contributed by atoms with van der Waals surface area (Å²) in [5, 5.41) is 9.91. The first-order valence-corrected chi connectivity index (χ1v) is 12.7. The maximum atomic E-state index is 13.6. The molecule has 2 heterocycles. The molecule has 1 fully saturated rings. The van der Waals surface area contributed by atoms with Crippen molar-refractivity contribution in [2.24, 2.45) is 7.05 Å². The number of aromatic nitrogens is 3. The zero-order valence-corrected chi connectivity index (χ0v) is 20.1. The minimum atomic E-state index is 0.0880. The quantitative estimate of drug-likeness (QED) is 0.336. The summed E-state index contributed by atoms with van der Waals surface area (Å²) in [6.45, 7) is 1.43. The zero-order valence-electron chi connectivity index (χ0n) is 19.3. The number of benzene rings is 3. The van der Waals surface area contributed by atoms with Crippen molar-refractivity contribution < 1.29 is 4.79 Å². The minimum absolute atomic E-state index is 0.0880. The van der Waals surface area contributed by atoms with E-state index in [1.54, 1.807) is 11.8 Å². The Kier molecular flexibility index (Phi) is 6.77. The highest BCUT2D eigenvalue weighted by molar-refractivity contribution is 7.98. The van der Waals surface area contributed by atoms with Crippen molar-refractivity contribution in [3.8, 4) is 11.1 Å². The summed E-state index contributed by atoms with van der Waals surface area (Å²) >= 11 is 1.70. The molecule has 1 saturated heterocycles. The van der Waals surface area contributed by atoms with Crippen LogP contribution in [0.5, 0.6) is 0 Å². The summed E-state index contributed by atoms with van der Waals surface area (Å²) in [6.07, 6.45) is 1.97. The van der Waals surface area contributed by atoms with Gasteiger partial charge in [-0.2, -0.15) is 0 Å². The fourth-order valence-corrected chi connectivity index (χ4v) is 5.49. The van der Waals surface area contributed by atoms with Gasteiger partial charge in [0.05, 0.1) is 0 Å². The lowest BCUT2D eigenvalue weighted by Gasteiger charge is -2.32. The molecule has 0 bridgehead atoms. The SMILES string of the molecule is Cn1c(SCc2ccccc2)nnc1C1CCCN(C(=O)c2ccccc2-c2ccccc2)C1. The van der Waals surface area contributed by atoms with Gasteiger partial charge < -0.3 is 9.47 Å². The third kappa shape index (κ3) is 4.77. The molecular weight excluding hydrogens is 440 g/mol. The number of hydrogen-bond acceptors (Lipinski definition) is 4. The molecule has 3 aromatic carbocycles. The third-order valence-corrected chi connectivity index (χ3v) is 7.49. The first-order chi connectivity index (χ1) is 16.7. The van der Waals surface area contributed by atoms with E-state index in [9.17, 15) is 4.79 Å². The van der Waals surface area contributed by atoms with E-state index in [2.05, 4.69) is 51.2 Å². The first kappa shape index (κ1) is 22.4. The van der Waals surface area contributed by atoms with Crippen molar-refractivity contribution in [2.75, 3.05) is 13.1 Å². The van der Waals surface area contributed by atoms with Crippen molar-refractivity contribution in [1.29, 1.82) is 0 Å². The Labute approximate surface area is 204 Å². The van der Waals surface area contributed by atoms with Crippen LogP contribution in [0.4, 0.5) is 0 Å². The first-order valence-electron chi connectivity index (χ1n) is 11.7. The molecule has 0 spiro atoms. The molecule has 1 aromatic heterocycles. The number of nitrogens with zero attached hydrogens (tertiary/aromatic N) is 4. The summed E-state index contributed by atoms with van der Waals surface area (Å²) in [7, 11) is 2.04. The highest BCUT2D eigenvalue weighted by Crippen LogP contribution is 2.31. The van der Waals surface area contributed by atoms with E-state index in [1.165, 1.54) is 5.56 Å². The van der Waals surface area contributed by atoms with Crippen LogP contribution in [0, 0.1) is 0 Å². The van der Waals surface area contributed by atoms with Gasteiger partial charge in [0, 0.05) is 37.4 Å². The average Bonchev–Trinajstić information content (AvgIpc) is 3.28. The summed E-state index contributed by atoms with van der Waals surface area (Å²) in [5.41, 5.74) is 4.07. The molecule has 1 atom stereocenters. The van der Waals surface area contributed by atoms with Crippen LogP contribution in [-0.4, -0.2) is 38.7 Å². The van der Waals surface area contributed by atoms with Crippen molar-refractivity contribution in [2.45, 2.75) is 29.7 Å². The summed E-state index contributed by atoms with van der Waals surface area (Å²) in [5.74, 6) is 2.10. The predicted octanol–water partition coefficient (Wildman–Crippen LogP) is 5.79. The Hall–Kier alpha value is -3.38. The molecule has 172 valence electrons. The highest BCUT2D eigenvalue weighted by Gasteiger charge is 2.30. The molecule has 34 heavy (non-hydrogen) atoms. The molecule has 1 unspecified atom stereocenters. The van der Waals surface area contributed by atoms with Crippen molar-refractivity contribution in [3.05, 3.63) is 102 Å². The van der Waals surface area contributed by atoms with E-state index in [0.717, 1.165) is 52.8 Å². The fraction of sp³-hybridized carbons (Fsp3) is 0.250. The summed E-state index contributed by atoms with van der Waals surface area (Å²) in [6, 6.07) is 28.4. The number of likely N-dealkylation sites (tertiary alicyclic amines) is 1. The number of piperidine rings is 1. The molecule has 0 N–H and O–H groups in total. The Morgan fingerprint density at radius 2 is 1.65 bits per heavy atom. The van der Waals surface area contributed by atoms with Crippen LogP contribution in [-0.2, 0) is 12.8 Å². The second kappa shape index (κ2) is 10.3. The number of thioether (sulfide) groups is 1. The van der Waals surface area contributed by atoms with Gasteiger partial charge in [0.2, 0.25) is 0 Å². The van der Waals surface area contributed by atoms with Crippen LogP contribution in [0.3, 0.4) is 0 Å². The van der Waals surface area contributed by atoms with Crippen LogP contribution in [0.15, 0.2) is 90.1 Å². The Balaban J connectivity index is 1.32. The fourth-order valence-electron chi connectivity index (χ4n) is 4.61. The van der Waals surface area contributed by atoms with Crippen LogP contribution in [0.25, 0.3) is 11.1 Å². The van der Waals surface area contributed by atoms with Gasteiger partial charge in [0.15, 0.2) is 5.16 Å². The molecule has 0 saturated carbocycles. The highest BCUT2D eigenvalue weighted by atomic mass is 32.2. The molecule has 4 aromatic rings. The normalized spacial score (nSPS) is 15.9. The standard InChI is InChI=1S/C28H28N4OS/c1-31-26(29-30-28(31)34-20-21-11-4-2-5-12-21)23-15-10-18-32(19-23)27(33)25-17-9-8-16-24(25)22-13-6-3-7-14-22/h2-9,11-14,16-17,23H,10,15,18-20H2,1H3. The maximum Gasteiger partial charge on any atom is 0.254 e. The number of amides is 1. The lowest BCUT2D eigenvalue weighted by molar-refractivity contribution is 0.0704. The van der Waals surface area contributed by atoms with E-state index in [0.29, 0.717) is 6.54 Å². The number of carbonyl (C=O) groups excluding carboxylic acids is 1. The van der Waals surface area contributed by atoms with Crippen molar-refractivity contribution in [1.82, 2.24) is 19.7 Å². The predicted molar refractivity (Wildman–Crippen MR) is 137 cm³/mol. The van der Waals surface area contributed by atoms with Crippen LogP contribution in [0.2, 0.25) is 0 Å². The molecule has 1 aliphatic heterocycles. The molecule has 5 nitrogen and oxygen atoms in total. The topological polar surface area (TPSA) is 51.0 Å². The number of rotatable bonds is 6. The minimum Gasteiger partial charge on any atom is -0.338 e. The summed E-state index contributed by atoms with van der Waals surface area (Å²) in [4.78, 5) is 15.6. The van der Waals surface area contributed by atoms with Gasteiger partial charge in [-0.05, 0) is 35.6 Å². The second-order valence-electron chi connectivity index (χ2n) is 8.68. The van der Waals surface area contributed by atoms with E-state index < -0.39 is 0 Å². The molecule has 6 heteroatoms. The second-order valence-corrected chi connectivity index (χ2v) is 9.62. The average molecular weight is 469 g/mol. The van der Waals surface area contributed by atoms with Gasteiger partial charge in [0.25, 0.3) is 5.91 Å². The monoisotopic (exact) mass is 468 g/mol. The van der Waals surface area contributed by atoms with Crippen LogP contribution >= 0.6 is 11.8 Å². The zero-order chi connectivity index (χ0) is 23.3. The van der Waals surface area contributed by atoms with Crippen molar-refractivity contribution >= 4 is 17.7 Å². The van der Waals surface area contributed by atoms with Gasteiger partial charge in [-0.15, -0.1) is 10.2 Å². The van der Waals surface area contributed by atoms with E-state index in [1.807, 2.05) is 60.5 Å².